The lowest BCUT2D eigenvalue weighted by Gasteiger charge is -2.18. The molecule has 0 aromatic heterocycles. The van der Waals surface area contributed by atoms with Crippen LogP contribution in [0, 0.1) is 0 Å². The molecule has 6 heteroatoms. The van der Waals surface area contributed by atoms with Crippen LogP contribution in [0.1, 0.15) is 13.8 Å². The number of carbonyl (C=O) groups is 2. The summed E-state index contributed by atoms with van der Waals surface area (Å²) in [6, 6.07) is 0. The van der Waals surface area contributed by atoms with Crippen molar-refractivity contribution in [3.63, 3.8) is 0 Å². The number of aliphatic hydroxyl groups is 2. The maximum Gasteiger partial charge on any atom is 0.331 e. The first-order valence-corrected chi connectivity index (χ1v) is 4.40. The standard InChI is InChI=1S/C10H14O6/c1-6(8(12)13)3-10(16,5-11)4-7(2)9(14)15/h3-4,11,16H,5H2,1-2H3,(H,12,13)(H,14,15). The number of rotatable bonds is 5. The second-order valence-electron chi connectivity index (χ2n) is 3.41. The molecule has 0 saturated heterocycles. The van der Waals surface area contributed by atoms with E-state index in [0.29, 0.717) is 0 Å². The summed E-state index contributed by atoms with van der Waals surface area (Å²) in [5.41, 5.74) is -2.36. The third-order valence-electron chi connectivity index (χ3n) is 1.86. The molecule has 0 saturated carbocycles. The van der Waals surface area contributed by atoms with E-state index in [0.717, 1.165) is 12.2 Å². The molecule has 0 aromatic carbocycles. The Kier molecular flexibility index (Phi) is 4.87. The van der Waals surface area contributed by atoms with E-state index in [4.69, 9.17) is 15.3 Å². The van der Waals surface area contributed by atoms with Gasteiger partial charge in [0.1, 0.15) is 5.60 Å². The van der Waals surface area contributed by atoms with Gasteiger partial charge in [-0.15, -0.1) is 0 Å². The van der Waals surface area contributed by atoms with E-state index in [1.54, 1.807) is 0 Å². The normalized spacial score (nSPS) is 16.8. The number of hydrogen-bond acceptors (Lipinski definition) is 4. The van der Waals surface area contributed by atoms with Crippen molar-refractivity contribution < 1.29 is 30.0 Å². The van der Waals surface area contributed by atoms with Crippen LogP contribution in [-0.4, -0.2) is 44.6 Å². The lowest BCUT2D eigenvalue weighted by Crippen LogP contribution is -2.30. The minimum Gasteiger partial charge on any atom is -0.478 e. The first-order valence-electron chi connectivity index (χ1n) is 4.40. The average molecular weight is 230 g/mol. The van der Waals surface area contributed by atoms with Gasteiger partial charge in [0.25, 0.3) is 0 Å². The first kappa shape index (κ1) is 14.3. The van der Waals surface area contributed by atoms with Gasteiger partial charge in [0, 0.05) is 11.1 Å². The summed E-state index contributed by atoms with van der Waals surface area (Å²) in [5.74, 6) is -2.51. The van der Waals surface area contributed by atoms with E-state index >= 15 is 0 Å². The van der Waals surface area contributed by atoms with Gasteiger partial charge in [0.15, 0.2) is 0 Å². The van der Waals surface area contributed by atoms with Gasteiger partial charge in [-0.3, -0.25) is 0 Å². The Hall–Kier alpha value is -1.66. The fourth-order valence-electron chi connectivity index (χ4n) is 1.01. The van der Waals surface area contributed by atoms with E-state index in [9.17, 15) is 14.7 Å². The van der Waals surface area contributed by atoms with Crippen molar-refractivity contribution in [1.29, 1.82) is 0 Å². The summed E-state index contributed by atoms with van der Waals surface area (Å²) in [5, 5.41) is 35.8. The maximum absolute atomic E-state index is 10.5. The van der Waals surface area contributed by atoms with Crippen LogP contribution in [0.5, 0.6) is 0 Å². The Bertz CT molecular complexity index is 322. The molecule has 0 bridgehead atoms. The molecule has 0 aliphatic rings. The minimum absolute atomic E-state index is 0.189. The SMILES string of the molecule is CC(=CC(O)(C=C(C)C(=O)O)CO)C(=O)O. The van der Waals surface area contributed by atoms with E-state index in [2.05, 4.69) is 0 Å². The van der Waals surface area contributed by atoms with Crippen LogP contribution in [-0.2, 0) is 9.59 Å². The number of aliphatic hydroxyl groups excluding tert-OH is 1. The maximum atomic E-state index is 10.5. The molecule has 0 aliphatic carbocycles. The molecular formula is C10H14O6. The van der Waals surface area contributed by atoms with Crippen molar-refractivity contribution >= 4 is 11.9 Å². The van der Waals surface area contributed by atoms with Gasteiger partial charge < -0.3 is 20.4 Å². The third-order valence-corrected chi connectivity index (χ3v) is 1.86. The molecule has 0 atom stereocenters. The van der Waals surface area contributed by atoms with Crippen LogP contribution in [0.15, 0.2) is 23.3 Å². The number of hydrogen-bond donors (Lipinski definition) is 4. The van der Waals surface area contributed by atoms with Crippen LogP contribution >= 0.6 is 0 Å². The Labute approximate surface area is 92.1 Å². The molecule has 0 fully saturated rings. The molecule has 0 rings (SSSR count). The largest absolute Gasteiger partial charge is 0.478 e. The molecule has 4 N–H and O–H groups in total. The number of carboxylic acid groups (broad SMARTS) is 2. The average Bonchev–Trinajstić information content (AvgIpc) is 2.17. The topological polar surface area (TPSA) is 115 Å². The van der Waals surface area contributed by atoms with Gasteiger partial charge in [-0.05, 0) is 26.0 Å². The zero-order chi connectivity index (χ0) is 12.9. The Morgan fingerprint density at radius 3 is 1.56 bits per heavy atom. The van der Waals surface area contributed by atoms with E-state index in [1.807, 2.05) is 0 Å². The second kappa shape index (κ2) is 5.43. The number of aliphatic carboxylic acids is 2. The van der Waals surface area contributed by atoms with E-state index in [1.165, 1.54) is 13.8 Å². The molecule has 0 amide bonds. The van der Waals surface area contributed by atoms with Crippen molar-refractivity contribution in [2.24, 2.45) is 0 Å². The molecule has 6 nitrogen and oxygen atoms in total. The highest BCUT2D eigenvalue weighted by Gasteiger charge is 2.23. The monoisotopic (exact) mass is 230 g/mol. The second-order valence-corrected chi connectivity index (χ2v) is 3.41. The van der Waals surface area contributed by atoms with Crippen LogP contribution in [0.4, 0.5) is 0 Å². The van der Waals surface area contributed by atoms with Crippen molar-refractivity contribution in [3.05, 3.63) is 23.3 Å². The summed E-state index contributed by atoms with van der Waals surface area (Å²) in [7, 11) is 0. The smallest absolute Gasteiger partial charge is 0.331 e. The zero-order valence-electron chi connectivity index (χ0n) is 8.97. The molecule has 0 aliphatic heterocycles. The molecule has 0 unspecified atom stereocenters. The van der Waals surface area contributed by atoms with Crippen molar-refractivity contribution in [1.82, 2.24) is 0 Å². The highest BCUT2D eigenvalue weighted by molar-refractivity contribution is 5.87. The fraction of sp³-hybridized carbons (Fsp3) is 0.400. The summed E-state index contributed by atoms with van der Waals surface area (Å²) in [4.78, 5) is 21.0. The lowest BCUT2D eigenvalue weighted by atomic mass is 9.99. The summed E-state index contributed by atoms with van der Waals surface area (Å²) in [6.07, 6.45) is 1.78. The Balaban J connectivity index is 5.23. The van der Waals surface area contributed by atoms with Gasteiger partial charge >= 0.3 is 11.9 Å². The van der Waals surface area contributed by atoms with Gasteiger partial charge in [0.2, 0.25) is 0 Å². The van der Waals surface area contributed by atoms with Gasteiger partial charge in [0.05, 0.1) is 6.61 Å². The van der Waals surface area contributed by atoms with Crippen LogP contribution in [0.2, 0.25) is 0 Å². The van der Waals surface area contributed by atoms with E-state index in [-0.39, 0.29) is 11.1 Å². The highest BCUT2D eigenvalue weighted by Crippen LogP contribution is 2.14. The Morgan fingerprint density at radius 2 is 1.38 bits per heavy atom. The third kappa shape index (κ3) is 4.24. The van der Waals surface area contributed by atoms with Crippen molar-refractivity contribution in [3.8, 4) is 0 Å². The quantitative estimate of drug-likeness (QED) is 0.485. The molecule has 0 aromatic rings. The molecule has 0 radical (unpaired) electrons. The Morgan fingerprint density at radius 1 is 1.06 bits per heavy atom. The molecule has 0 spiro atoms. The van der Waals surface area contributed by atoms with Gasteiger partial charge in [-0.2, -0.15) is 0 Å². The molecule has 0 heterocycles. The van der Waals surface area contributed by atoms with Crippen LogP contribution in [0.3, 0.4) is 0 Å². The predicted molar refractivity (Wildman–Crippen MR) is 54.8 cm³/mol. The summed E-state index contributed by atoms with van der Waals surface area (Å²) >= 11 is 0. The van der Waals surface area contributed by atoms with Crippen LogP contribution < -0.4 is 0 Å². The first-order chi connectivity index (χ1) is 7.22. The lowest BCUT2D eigenvalue weighted by molar-refractivity contribution is -0.133. The fourth-order valence-corrected chi connectivity index (χ4v) is 1.01. The molecular weight excluding hydrogens is 216 g/mol. The number of carboxylic acids is 2. The van der Waals surface area contributed by atoms with Crippen molar-refractivity contribution in [2.75, 3.05) is 6.61 Å². The van der Waals surface area contributed by atoms with Gasteiger partial charge in [-0.1, -0.05) is 0 Å². The summed E-state index contributed by atoms with van der Waals surface area (Å²) < 4.78 is 0. The minimum atomic E-state index is -1.98. The van der Waals surface area contributed by atoms with Crippen LogP contribution in [0.25, 0.3) is 0 Å². The zero-order valence-corrected chi connectivity index (χ0v) is 8.97. The van der Waals surface area contributed by atoms with Gasteiger partial charge in [-0.25, -0.2) is 9.59 Å². The molecule has 90 valence electrons. The highest BCUT2D eigenvalue weighted by atomic mass is 16.4. The van der Waals surface area contributed by atoms with E-state index < -0.39 is 24.1 Å². The molecule has 16 heavy (non-hydrogen) atoms. The van der Waals surface area contributed by atoms with Crippen molar-refractivity contribution in [2.45, 2.75) is 19.4 Å². The predicted octanol–water partition coefficient (Wildman–Crippen LogP) is -0.228. The summed E-state index contributed by atoms with van der Waals surface area (Å²) in [6.45, 7) is 1.65.